The van der Waals surface area contributed by atoms with Crippen molar-refractivity contribution in [2.45, 2.75) is 26.2 Å². The van der Waals surface area contributed by atoms with Crippen LogP contribution in [0.4, 0.5) is 0 Å². The van der Waals surface area contributed by atoms with Gasteiger partial charge in [0, 0.05) is 8.96 Å². The van der Waals surface area contributed by atoms with E-state index in [0.717, 1.165) is 10.9 Å². The van der Waals surface area contributed by atoms with Gasteiger partial charge in [-0.25, -0.2) is 0 Å². The minimum absolute atomic E-state index is 1.07. The Morgan fingerprint density at radius 2 is 2.10 bits per heavy atom. The van der Waals surface area contributed by atoms with E-state index in [1.54, 1.807) is 6.08 Å². The van der Waals surface area contributed by atoms with E-state index in [9.17, 15) is 0 Å². The summed E-state index contributed by atoms with van der Waals surface area (Å²) in [6.45, 7) is 5.84. The van der Waals surface area contributed by atoms with Gasteiger partial charge in [0.15, 0.2) is 0 Å². The molecule has 58 valence electrons. The lowest BCUT2D eigenvalue weighted by Crippen LogP contribution is -1.75. The first-order valence-electron chi connectivity index (χ1n) is 3.39. The van der Waals surface area contributed by atoms with Crippen molar-refractivity contribution < 1.29 is 0 Å². The molecule has 0 N–H and O–H groups in total. The summed E-state index contributed by atoms with van der Waals surface area (Å²) in [6, 6.07) is 0. The zero-order chi connectivity index (χ0) is 7.98. The van der Waals surface area contributed by atoms with Gasteiger partial charge >= 0.3 is 0 Å². The summed E-state index contributed by atoms with van der Waals surface area (Å²) < 4.78 is 2.28. The van der Waals surface area contributed by atoms with Crippen LogP contribution in [0.15, 0.2) is 21.6 Å². The molecule has 0 heterocycles. The van der Waals surface area contributed by atoms with Gasteiger partial charge in [-0.15, -0.1) is 0 Å². The van der Waals surface area contributed by atoms with Crippen molar-refractivity contribution in [1.29, 1.82) is 0 Å². The largest absolute Gasteiger partial charge is 0.0979 e. The SMILES string of the molecule is C=C/C(Br)=C(\Br)CCCC. The van der Waals surface area contributed by atoms with Crippen LogP contribution in [-0.2, 0) is 0 Å². The zero-order valence-corrected chi connectivity index (χ0v) is 9.33. The van der Waals surface area contributed by atoms with E-state index in [1.807, 2.05) is 0 Å². The maximum Gasteiger partial charge on any atom is 0.0270 e. The predicted molar refractivity (Wildman–Crippen MR) is 54.6 cm³/mol. The van der Waals surface area contributed by atoms with E-state index in [-0.39, 0.29) is 0 Å². The first-order valence-corrected chi connectivity index (χ1v) is 4.97. The summed E-state index contributed by atoms with van der Waals surface area (Å²) >= 11 is 6.85. The Morgan fingerprint density at radius 1 is 1.50 bits per heavy atom. The number of rotatable bonds is 4. The molecule has 0 bridgehead atoms. The molecule has 0 saturated carbocycles. The van der Waals surface area contributed by atoms with Gasteiger partial charge in [0.1, 0.15) is 0 Å². The molecule has 0 radical (unpaired) electrons. The molecule has 0 aromatic rings. The van der Waals surface area contributed by atoms with Crippen LogP contribution in [-0.4, -0.2) is 0 Å². The highest BCUT2D eigenvalue weighted by Gasteiger charge is 1.94. The molecular formula is C8H12Br2. The number of hydrogen-bond acceptors (Lipinski definition) is 0. The highest BCUT2D eigenvalue weighted by Crippen LogP contribution is 2.23. The predicted octanol–water partition coefficient (Wildman–Crippen LogP) is 4.36. The third kappa shape index (κ3) is 4.29. The van der Waals surface area contributed by atoms with E-state index >= 15 is 0 Å². The van der Waals surface area contributed by atoms with E-state index in [1.165, 1.54) is 17.3 Å². The Labute approximate surface area is 79.6 Å². The van der Waals surface area contributed by atoms with Crippen molar-refractivity contribution in [2.75, 3.05) is 0 Å². The van der Waals surface area contributed by atoms with E-state index in [4.69, 9.17) is 0 Å². The molecule has 0 aliphatic rings. The van der Waals surface area contributed by atoms with Crippen molar-refractivity contribution >= 4 is 31.9 Å². The van der Waals surface area contributed by atoms with Crippen LogP contribution in [0.1, 0.15) is 26.2 Å². The molecule has 0 aromatic heterocycles. The first-order chi connectivity index (χ1) is 4.72. The van der Waals surface area contributed by atoms with Crippen LogP contribution in [0.25, 0.3) is 0 Å². The average Bonchev–Trinajstić information content (AvgIpc) is 1.98. The van der Waals surface area contributed by atoms with Gasteiger partial charge in [-0.2, -0.15) is 0 Å². The molecule has 0 amide bonds. The summed E-state index contributed by atoms with van der Waals surface area (Å²) in [6.07, 6.45) is 5.36. The molecule has 0 aliphatic carbocycles. The van der Waals surface area contributed by atoms with Crippen molar-refractivity contribution in [3.05, 3.63) is 21.6 Å². The lowest BCUT2D eigenvalue weighted by Gasteiger charge is -1.97. The van der Waals surface area contributed by atoms with Crippen molar-refractivity contribution in [1.82, 2.24) is 0 Å². The minimum atomic E-state index is 1.07. The fourth-order valence-electron chi connectivity index (χ4n) is 0.562. The number of allylic oxidation sites excluding steroid dienone is 3. The first kappa shape index (κ1) is 10.4. The van der Waals surface area contributed by atoms with E-state index in [0.29, 0.717) is 0 Å². The molecule has 10 heavy (non-hydrogen) atoms. The summed E-state index contributed by atoms with van der Waals surface area (Å²) in [5.41, 5.74) is 0. The lowest BCUT2D eigenvalue weighted by atomic mass is 10.2. The van der Waals surface area contributed by atoms with Crippen LogP contribution in [0, 0.1) is 0 Å². The van der Waals surface area contributed by atoms with Crippen molar-refractivity contribution in [3.8, 4) is 0 Å². The Bertz CT molecular complexity index is 136. The molecule has 0 nitrogen and oxygen atoms in total. The van der Waals surface area contributed by atoms with Gasteiger partial charge < -0.3 is 0 Å². The Hall–Kier alpha value is 0.440. The molecule has 0 saturated heterocycles. The molecule has 0 spiro atoms. The number of halogens is 2. The van der Waals surface area contributed by atoms with Crippen LogP contribution in [0.2, 0.25) is 0 Å². The van der Waals surface area contributed by atoms with Gasteiger partial charge in [-0.1, -0.05) is 41.9 Å². The van der Waals surface area contributed by atoms with Crippen LogP contribution in [0.3, 0.4) is 0 Å². The van der Waals surface area contributed by atoms with Crippen LogP contribution in [0.5, 0.6) is 0 Å². The third-order valence-corrected chi connectivity index (χ3v) is 3.35. The Morgan fingerprint density at radius 3 is 2.50 bits per heavy atom. The molecular weight excluding hydrogens is 256 g/mol. The highest BCUT2D eigenvalue weighted by molar-refractivity contribution is 9.14. The van der Waals surface area contributed by atoms with Gasteiger partial charge in [0.2, 0.25) is 0 Å². The molecule has 0 aliphatic heterocycles. The van der Waals surface area contributed by atoms with E-state index < -0.39 is 0 Å². The molecule has 0 fully saturated rings. The fraction of sp³-hybridized carbons (Fsp3) is 0.500. The molecule has 0 rings (SSSR count). The fourth-order valence-corrected chi connectivity index (χ4v) is 1.20. The molecule has 0 unspecified atom stereocenters. The van der Waals surface area contributed by atoms with Gasteiger partial charge in [-0.3, -0.25) is 0 Å². The number of hydrogen-bond donors (Lipinski definition) is 0. The van der Waals surface area contributed by atoms with Gasteiger partial charge in [-0.05, 0) is 28.8 Å². The maximum absolute atomic E-state index is 3.66. The zero-order valence-electron chi connectivity index (χ0n) is 6.16. The van der Waals surface area contributed by atoms with Crippen molar-refractivity contribution in [3.63, 3.8) is 0 Å². The highest BCUT2D eigenvalue weighted by atomic mass is 79.9. The monoisotopic (exact) mass is 266 g/mol. The Balaban J connectivity index is 3.79. The summed E-state index contributed by atoms with van der Waals surface area (Å²) in [7, 11) is 0. The summed E-state index contributed by atoms with van der Waals surface area (Å²) in [5, 5.41) is 0. The Kier molecular flexibility index (Phi) is 6.44. The quantitative estimate of drug-likeness (QED) is 0.664. The summed E-state index contributed by atoms with van der Waals surface area (Å²) in [4.78, 5) is 0. The molecule has 0 aromatic carbocycles. The second kappa shape index (κ2) is 6.17. The molecule has 0 atom stereocenters. The van der Waals surface area contributed by atoms with Crippen LogP contribution < -0.4 is 0 Å². The normalized spacial score (nSPS) is 12.7. The standard InChI is InChI=1S/C8H12Br2/c1-3-5-6-8(10)7(9)4-2/h4H,2-3,5-6H2,1H3/b8-7+. The van der Waals surface area contributed by atoms with E-state index in [2.05, 4.69) is 45.4 Å². The topological polar surface area (TPSA) is 0 Å². The third-order valence-electron chi connectivity index (χ3n) is 1.19. The van der Waals surface area contributed by atoms with Crippen molar-refractivity contribution in [2.24, 2.45) is 0 Å². The maximum atomic E-state index is 3.66. The minimum Gasteiger partial charge on any atom is -0.0979 e. The number of unbranched alkanes of at least 4 members (excludes halogenated alkanes) is 1. The average molecular weight is 268 g/mol. The van der Waals surface area contributed by atoms with Gasteiger partial charge in [0.25, 0.3) is 0 Å². The smallest absolute Gasteiger partial charge is 0.0270 e. The second-order valence-corrected chi connectivity index (χ2v) is 3.87. The van der Waals surface area contributed by atoms with Crippen LogP contribution >= 0.6 is 31.9 Å². The lowest BCUT2D eigenvalue weighted by molar-refractivity contribution is 0.810. The van der Waals surface area contributed by atoms with Gasteiger partial charge in [0.05, 0.1) is 0 Å². The summed E-state index contributed by atoms with van der Waals surface area (Å²) in [5.74, 6) is 0. The molecule has 2 heteroatoms. The second-order valence-electron chi connectivity index (χ2n) is 2.06.